The number of fused-ring (bicyclic) bond motifs is 1. The van der Waals surface area contributed by atoms with Gasteiger partial charge in [-0.1, -0.05) is 0 Å². The summed E-state index contributed by atoms with van der Waals surface area (Å²) in [6.07, 6.45) is 3.69. The van der Waals surface area contributed by atoms with Gasteiger partial charge in [0.05, 0.1) is 19.0 Å². The number of alkyl halides is 1. The van der Waals surface area contributed by atoms with E-state index < -0.39 is 6.17 Å². The number of halogens is 1. The molecule has 0 bridgehead atoms. The van der Waals surface area contributed by atoms with Crippen molar-refractivity contribution in [2.45, 2.75) is 51.7 Å². The normalized spacial score (nSPS) is 21.3. The van der Waals surface area contributed by atoms with Crippen molar-refractivity contribution in [3.8, 4) is 17.5 Å². The number of aromatic nitrogens is 2. The van der Waals surface area contributed by atoms with Crippen LogP contribution in [0.3, 0.4) is 0 Å². The zero-order valence-corrected chi connectivity index (χ0v) is 13.3. The molecule has 0 aromatic rings. The van der Waals surface area contributed by atoms with E-state index in [1.165, 1.54) is 0 Å². The van der Waals surface area contributed by atoms with E-state index in [0.717, 1.165) is 22.6 Å². The number of carbonyl (C=O) groups excluding carboxylic acids is 1. The van der Waals surface area contributed by atoms with Gasteiger partial charge in [0.2, 0.25) is 0 Å². The summed E-state index contributed by atoms with van der Waals surface area (Å²) in [5, 5.41) is 8.96. The molecule has 0 radical (unpaired) electrons. The minimum Gasteiger partial charge on any atom is -0.325 e. The molecule has 23 heavy (non-hydrogen) atoms. The molecule has 120 valence electrons. The van der Waals surface area contributed by atoms with Gasteiger partial charge in [-0.3, -0.25) is 4.79 Å². The number of hydrogen-bond acceptors (Lipinski definition) is 3. The van der Waals surface area contributed by atoms with Crippen molar-refractivity contribution in [2.24, 2.45) is 5.92 Å². The van der Waals surface area contributed by atoms with Gasteiger partial charge in [0.15, 0.2) is 5.78 Å². The predicted octanol–water partition coefficient (Wildman–Crippen LogP) is 3.46. The largest absolute Gasteiger partial charge is 0.325 e. The van der Waals surface area contributed by atoms with Crippen LogP contribution in [0.25, 0.3) is 11.4 Å². The van der Waals surface area contributed by atoms with E-state index in [2.05, 4.69) is 11.1 Å². The zero-order chi connectivity index (χ0) is 16.4. The molecule has 3 aliphatic rings. The Kier molecular flexibility index (Phi) is 4.42. The Bertz CT molecular complexity index is 723. The maximum Gasteiger partial charge on any atom is 0.155 e. The standard InChI is InChI=1S/C18H20FN3O/c1-12-15(8-9-20)16-3-2-10-22(18(16)21-12)11-17(23)13-4-6-14(19)7-5-13/h2-3,10,13-14H,4-8,11H2,1H3. The van der Waals surface area contributed by atoms with Crippen molar-refractivity contribution in [3.05, 3.63) is 29.6 Å². The fourth-order valence-electron chi connectivity index (χ4n) is 3.43. The summed E-state index contributed by atoms with van der Waals surface area (Å²) in [6.45, 7) is 2.16. The van der Waals surface area contributed by atoms with Crippen LogP contribution >= 0.6 is 0 Å². The maximum atomic E-state index is 13.2. The molecule has 1 saturated carbocycles. The number of Topliss-reactive ketones (excluding diaryl/α,β-unsaturated/α-hetero) is 1. The number of ketones is 1. The van der Waals surface area contributed by atoms with E-state index in [-0.39, 0.29) is 18.2 Å². The molecular weight excluding hydrogens is 293 g/mol. The lowest BCUT2D eigenvalue weighted by Crippen LogP contribution is -2.26. The number of nitriles is 1. The highest BCUT2D eigenvalue weighted by atomic mass is 19.1. The molecule has 0 unspecified atom stereocenters. The Morgan fingerprint density at radius 1 is 1.43 bits per heavy atom. The van der Waals surface area contributed by atoms with Crippen LogP contribution in [0.15, 0.2) is 18.3 Å². The Balaban J connectivity index is 1.80. The van der Waals surface area contributed by atoms with Crippen LogP contribution in [-0.2, 0) is 17.8 Å². The number of pyridine rings is 1. The van der Waals surface area contributed by atoms with Crippen molar-refractivity contribution in [1.29, 1.82) is 5.26 Å². The minimum absolute atomic E-state index is 0.0422. The third-order valence-corrected chi connectivity index (χ3v) is 4.77. The zero-order valence-electron chi connectivity index (χ0n) is 13.3. The molecule has 0 amide bonds. The lowest BCUT2D eigenvalue weighted by atomic mass is 9.85. The SMILES string of the molecule is Cc1nc2n(CC(=O)C3CCC(F)CC3)cccc-2c1CC#N. The van der Waals surface area contributed by atoms with E-state index in [9.17, 15) is 9.18 Å². The van der Waals surface area contributed by atoms with Gasteiger partial charge >= 0.3 is 0 Å². The van der Waals surface area contributed by atoms with Gasteiger partial charge in [0.1, 0.15) is 12.0 Å². The lowest BCUT2D eigenvalue weighted by molar-refractivity contribution is -0.124. The second-order valence-electron chi connectivity index (χ2n) is 6.30. The van der Waals surface area contributed by atoms with E-state index in [4.69, 9.17) is 5.26 Å². The van der Waals surface area contributed by atoms with Crippen LogP contribution in [0, 0.1) is 24.2 Å². The monoisotopic (exact) mass is 313 g/mol. The summed E-state index contributed by atoms with van der Waals surface area (Å²) in [6, 6.07) is 5.99. The quantitative estimate of drug-likeness (QED) is 0.868. The molecule has 0 N–H and O–H groups in total. The molecule has 2 aliphatic heterocycles. The van der Waals surface area contributed by atoms with Gasteiger partial charge in [-0.05, 0) is 50.3 Å². The molecular formula is C18H20FN3O. The second kappa shape index (κ2) is 6.49. The Labute approximate surface area is 135 Å². The highest BCUT2D eigenvalue weighted by Gasteiger charge is 2.27. The first kappa shape index (κ1) is 15.7. The second-order valence-corrected chi connectivity index (χ2v) is 6.30. The van der Waals surface area contributed by atoms with E-state index in [1.807, 2.05) is 29.8 Å². The Hall–Kier alpha value is -2.22. The third-order valence-electron chi connectivity index (χ3n) is 4.77. The van der Waals surface area contributed by atoms with Crippen LogP contribution in [0.2, 0.25) is 0 Å². The average Bonchev–Trinajstić information content (AvgIpc) is 2.86. The number of nitrogens with zero attached hydrogens (tertiary/aromatic N) is 3. The molecule has 4 nitrogen and oxygen atoms in total. The Morgan fingerprint density at radius 3 is 2.87 bits per heavy atom. The number of rotatable bonds is 4. The third kappa shape index (κ3) is 3.12. The highest BCUT2D eigenvalue weighted by molar-refractivity contribution is 5.81. The van der Waals surface area contributed by atoms with Gasteiger partial charge in [-0.15, -0.1) is 0 Å². The summed E-state index contributed by atoms with van der Waals surface area (Å²) in [5.74, 6) is 0.860. The van der Waals surface area contributed by atoms with Gasteiger partial charge in [-0.2, -0.15) is 5.26 Å². The molecule has 5 heteroatoms. The first-order valence-corrected chi connectivity index (χ1v) is 8.08. The number of carbonyl (C=O) groups is 1. The van der Waals surface area contributed by atoms with E-state index >= 15 is 0 Å². The highest BCUT2D eigenvalue weighted by Crippen LogP contribution is 2.30. The molecule has 0 atom stereocenters. The molecule has 0 aromatic carbocycles. The lowest BCUT2D eigenvalue weighted by Gasteiger charge is -2.23. The fraction of sp³-hybridized carbons (Fsp3) is 0.500. The molecule has 0 aromatic heterocycles. The van der Waals surface area contributed by atoms with E-state index in [0.29, 0.717) is 32.1 Å². The first-order chi connectivity index (χ1) is 11.1. The molecule has 2 heterocycles. The van der Waals surface area contributed by atoms with Crippen LogP contribution < -0.4 is 0 Å². The number of aryl methyl sites for hydroxylation is 1. The van der Waals surface area contributed by atoms with Gasteiger partial charge in [-0.25, -0.2) is 9.37 Å². The van der Waals surface area contributed by atoms with Crippen LogP contribution in [0.5, 0.6) is 0 Å². The van der Waals surface area contributed by atoms with Crippen molar-refractivity contribution < 1.29 is 9.18 Å². The summed E-state index contributed by atoms with van der Waals surface area (Å²) in [5.41, 5.74) is 2.71. The van der Waals surface area contributed by atoms with Crippen molar-refractivity contribution in [2.75, 3.05) is 0 Å². The number of hydrogen-bond donors (Lipinski definition) is 0. The van der Waals surface area contributed by atoms with Gasteiger partial charge in [0.25, 0.3) is 0 Å². The summed E-state index contributed by atoms with van der Waals surface area (Å²) >= 11 is 0. The van der Waals surface area contributed by atoms with Crippen molar-refractivity contribution >= 4 is 5.78 Å². The maximum absolute atomic E-state index is 13.2. The van der Waals surface area contributed by atoms with Crippen LogP contribution in [-0.4, -0.2) is 21.5 Å². The molecule has 0 saturated heterocycles. The minimum atomic E-state index is -0.747. The van der Waals surface area contributed by atoms with Crippen LogP contribution in [0.1, 0.15) is 36.9 Å². The molecule has 0 spiro atoms. The topological polar surface area (TPSA) is 58.7 Å². The molecule has 1 aliphatic carbocycles. The first-order valence-electron chi connectivity index (χ1n) is 8.08. The molecule has 1 fully saturated rings. The predicted molar refractivity (Wildman–Crippen MR) is 84.8 cm³/mol. The Morgan fingerprint density at radius 2 is 2.17 bits per heavy atom. The average molecular weight is 313 g/mol. The van der Waals surface area contributed by atoms with Gasteiger partial charge < -0.3 is 4.57 Å². The van der Waals surface area contributed by atoms with Crippen molar-refractivity contribution in [3.63, 3.8) is 0 Å². The molecule has 3 rings (SSSR count). The van der Waals surface area contributed by atoms with E-state index in [1.54, 1.807) is 0 Å². The fourth-order valence-corrected chi connectivity index (χ4v) is 3.43. The van der Waals surface area contributed by atoms with Crippen LogP contribution in [0.4, 0.5) is 4.39 Å². The smallest absolute Gasteiger partial charge is 0.155 e. The summed E-state index contributed by atoms with van der Waals surface area (Å²) in [7, 11) is 0. The summed E-state index contributed by atoms with van der Waals surface area (Å²) in [4.78, 5) is 17.1. The van der Waals surface area contributed by atoms with Gasteiger partial charge in [0, 0.05) is 23.4 Å². The van der Waals surface area contributed by atoms with Crippen molar-refractivity contribution in [1.82, 2.24) is 9.55 Å². The summed E-state index contributed by atoms with van der Waals surface area (Å²) < 4.78 is 15.1.